The monoisotopic (exact) mass is 501 g/mol. The van der Waals surface area contributed by atoms with Crippen molar-refractivity contribution in [1.29, 1.82) is 5.26 Å². The Morgan fingerprint density at radius 3 is 2.68 bits per heavy atom. The Morgan fingerprint density at radius 1 is 1.16 bits per heavy atom. The largest absolute Gasteiger partial charge is 0.486 e. The third-order valence-corrected chi connectivity index (χ3v) is 7.96. The number of fused-ring (bicyclic) bond motifs is 2. The van der Waals surface area contributed by atoms with E-state index in [1.54, 1.807) is 6.33 Å². The van der Waals surface area contributed by atoms with Crippen molar-refractivity contribution in [2.24, 2.45) is 0 Å². The van der Waals surface area contributed by atoms with Crippen LogP contribution in [0.3, 0.4) is 0 Å². The van der Waals surface area contributed by atoms with Crippen LogP contribution in [0.1, 0.15) is 35.4 Å². The number of anilines is 3. The highest BCUT2D eigenvalue weighted by atomic mass is 16.5. The van der Waals surface area contributed by atoms with Crippen LogP contribution in [0.4, 0.5) is 17.3 Å². The number of likely N-dealkylation sites (tertiary alicyclic amines) is 2. The molecular formula is C27H31N7O3. The average Bonchev–Trinajstić information content (AvgIpc) is 3.11. The van der Waals surface area contributed by atoms with Crippen LogP contribution in [-0.2, 0) is 16.1 Å². The number of morpholine rings is 1. The number of hydrogen-bond donors (Lipinski definition) is 1. The van der Waals surface area contributed by atoms with E-state index >= 15 is 0 Å². The fourth-order valence-corrected chi connectivity index (χ4v) is 5.79. The summed E-state index contributed by atoms with van der Waals surface area (Å²) in [4.78, 5) is 27.4. The normalized spacial score (nSPS) is 20.4. The summed E-state index contributed by atoms with van der Waals surface area (Å²) >= 11 is 0. The van der Waals surface area contributed by atoms with Gasteiger partial charge in [0.25, 0.3) is 0 Å². The number of ether oxygens (including phenoxy) is 2. The predicted molar refractivity (Wildman–Crippen MR) is 138 cm³/mol. The van der Waals surface area contributed by atoms with E-state index in [0.29, 0.717) is 43.1 Å². The lowest BCUT2D eigenvalue weighted by Crippen LogP contribution is -2.61. The fraction of sp³-hybridized carbons (Fsp3) is 0.481. The Kier molecular flexibility index (Phi) is 6.40. The lowest BCUT2D eigenvalue weighted by atomic mass is 9.85. The molecule has 4 aliphatic rings. The Balaban J connectivity index is 1.19. The molecule has 1 aromatic carbocycles. The number of aromatic nitrogens is 2. The molecule has 0 aliphatic carbocycles. The summed E-state index contributed by atoms with van der Waals surface area (Å²) in [5, 5.41) is 13.5. The van der Waals surface area contributed by atoms with E-state index in [4.69, 9.17) is 9.47 Å². The van der Waals surface area contributed by atoms with Crippen LogP contribution < -0.4 is 15.0 Å². The van der Waals surface area contributed by atoms with Crippen molar-refractivity contribution in [3.63, 3.8) is 0 Å². The molecule has 1 N–H and O–H groups in total. The standard InChI is InChI=1S/C27H31N7O3/c1-2-25(35)34-14-20(15-34)32-5-3-18(4-6-32)21-12-23-24(11-19(21)13-28)37-16-22-26(31-23)29-17-30-27(22)33-7-9-36-10-8-33/h2,11-12,17-18,20H,1,3-10,14-16H2,(H,29,30,31). The number of nitrogens with zero attached hydrogens (tertiary/aromatic N) is 6. The zero-order chi connectivity index (χ0) is 25.4. The van der Waals surface area contributed by atoms with Crippen molar-refractivity contribution in [3.8, 4) is 11.8 Å². The van der Waals surface area contributed by atoms with Gasteiger partial charge >= 0.3 is 0 Å². The molecule has 5 heterocycles. The molecule has 0 radical (unpaired) electrons. The predicted octanol–water partition coefficient (Wildman–Crippen LogP) is 2.40. The van der Waals surface area contributed by atoms with Gasteiger partial charge in [-0.1, -0.05) is 6.58 Å². The summed E-state index contributed by atoms with van der Waals surface area (Å²) in [7, 11) is 0. The number of hydrogen-bond acceptors (Lipinski definition) is 9. The Labute approximate surface area is 216 Å². The average molecular weight is 502 g/mol. The Bertz CT molecular complexity index is 1240. The van der Waals surface area contributed by atoms with E-state index in [1.165, 1.54) is 6.08 Å². The van der Waals surface area contributed by atoms with Gasteiger partial charge in [0.2, 0.25) is 5.91 Å². The van der Waals surface area contributed by atoms with Crippen LogP contribution in [0.5, 0.6) is 5.75 Å². The molecule has 192 valence electrons. The smallest absolute Gasteiger partial charge is 0.246 e. The van der Waals surface area contributed by atoms with E-state index in [-0.39, 0.29) is 5.91 Å². The molecule has 2 aromatic rings. The summed E-state index contributed by atoms with van der Waals surface area (Å²) in [5.41, 5.74) is 3.47. The molecular weight excluding hydrogens is 470 g/mol. The van der Waals surface area contributed by atoms with Crippen molar-refractivity contribution in [1.82, 2.24) is 19.8 Å². The topological polar surface area (TPSA) is 107 Å². The molecule has 10 nitrogen and oxygen atoms in total. The van der Waals surface area contributed by atoms with Gasteiger partial charge in [-0.05, 0) is 49.6 Å². The van der Waals surface area contributed by atoms with Gasteiger partial charge in [-0.25, -0.2) is 9.97 Å². The number of amides is 1. The first-order chi connectivity index (χ1) is 18.1. The number of carbonyl (C=O) groups excluding carboxylic acids is 1. The molecule has 3 saturated heterocycles. The van der Waals surface area contributed by atoms with E-state index in [1.807, 2.05) is 11.0 Å². The van der Waals surface area contributed by atoms with Crippen LogP contribution in [0.15, 0.2) is 31.1 Å². The molecule has 0 bridgehead atoms. The maximum atomic E-state index is 11.8. The summed E-state index contributed by atoms with van der Waals surface area (Å²) < 4.78 is 11.7. The van der Waals surface area contributed by atoms with Gasteiger partial charge < -0.3 is 24.6 Å². The lowest BCUT2D eigenvalue weighted by molar-refractivity contribution is -0.133. The number of nitrogens with one attached hydrogen (secondary N) is 1. The second-order valence-electron chi connectivity index (χ2n) is 10.00. The van der Waals surface area contributed by atoms with Gasteiger partial charge in [0, 0.05) is 38.3 Å². The highest BCUT2D eigenvalue weighted by Gasteiger charge is 2.36. The van der Waals surface area contributed by atoms with E-state index in [9.17, 15) is 10.1 Å². The molecule has 0 saturated carbocycles. The van der Waals surface area contributed by atoms with Crippen LogP contribution in [0.2, 0.25) is 0 Å². The van der Waals surface area contributed by atoms with Crippen LogP contribution in [0.25, 0.3) is 0 Å². The summed E-state index contributed by atoms with van der Waals surface area (Å²) in [5.74, 6) is 2.56. The molecule has 6 rings (SSSR count). The minimum absolute atomic E-state index is 0.00778. The van der Waals surface area contributed by atoms with Gasteiger partial charge in [-0.2, -0.15) is 5.26 Å². The molecule has 1 aromatic heterocycles. The van der Waals surface area contributed by atoms with Crippen LogP contribution in [0, 0.1) is 11.3 Å². The van der Waals surface area contributed by atoms with Crippen molar-refractivity contribution < 1.29 is 14.3 Å². The first kappa shape index (κ1) is 23.7. The van der Waals surface area contributed by atoms with Crippen molar-refractivity contribution in [3.05, 3.63) is 47.8 Å². The number of piperidine rings is 1. The van der Waals surface area contributed by atoms with Crippen molar-refractivity contribution >= 4 is 23.2 Å². The molecule has 0 unspecified atom stereocenters. The first-order valence-electron chi connectivity index (χ1n) is 12.9. The van der Waals surface area contributed by atoms with Gasteiger partial charge in [0.05, 0.1) is 36.1 Å². The van der Waals surface area contributed by atoms with Crippen LogP contribution >= 0.6 is 0 Å². The molecule has 10 heteroatoms. The van der Waals surface area contributed by atoms with Gasteiger partial charge in [-0.3, -0.25) is 9.69 Å². The van der Waals surface area contributed by atoms with Crippen LogP contribution in [-0.4, -0.2) is 84.2 Å². The van der Waals surface area contributed by atoms with Crippen molar-refractivity contribution in [2.75, 3.05) is 62.7 Å². The SMILES string of the molecule is C=CC(=O)N1CC(N2CCC(c3cc4c(cc3C#N)OCc3c(ncnc3N3CCOCC3)N4)CC2)C1. The second-order valence-corrected chi connectivity index (χ2v) is 10.00. The molecule has 4 aliphatic heterocycles. The maximum Gasteiger partial charge on any atom is 0.246 e. The molecule has 1 amide bonds. The summed E-state index contributed by atoms with van der Waals surface area (Å²) in [6.07, 6.45) is 4.92. The highest BCUT2D eigenvalue weighted by molar-refractivity contribution is 5.87. The molecule has 3 fully saturated rings. The molecule has 0 atom stereocenters. The molecule has 37 heavy (non-hydrogen) atoms. The van der Waals surface area contributed by atoms with Crippen molar-refractivity contribution in [2.45, 2.75) is 31.4 Å². The van der Waals surface area contributed by atoms with E-state index in [0.717, 1.165) is 80.6 Å². The Hall–Kier alpha value is -3.68. The third-order valence-electron chi connectivity index (χ3n) is 7.96. The number of nitriles is 1. The fourth-order valence-electron chi connectivity index (χ4n) is 5.79. The van der Waals surface area contributed by atoms with Gasteiger partial charge in [0.15, 0.2) is 0 Å². The quantitative estimate of drug-likeness (QED) is 0.632. The summed E-state index contributed by atoms with van der Waals surface area (Å²) in [6, 6.07) is 6.76. The lowest BCUT2D eigenvalue weighted by Gasteiger charge is -2.47. The second kappa shape index (κ2) is 10.00. The zero-order valence-electron chi connectivity index (χ0n) is 20.9. The zero-order valence-corrected chi connectivity index (χ0v) is 20.9. The number of benzene rings is 1. The minimum atomic E-state index is 0.00778. The minimum Gasteiger partial charge on any atom is -0.486 e. The summed E-state index contributed by atoms with van der Waals surface area (Å²) in [6.45, 7) is 10.3. The van der Waals surface area contributed by atoms with Gasteiger partial charge in [-0.15, -0.1) is 0 Å². The Morgan fingerprint density at radius 2 is 1.95 bits per heavy atom. The number of carbonyl (C=O) groups is 1. The first-order valence-corrected chi connectivity index (χ1v) is 12.9. The third kappa shape index (κ3) is 4.49. The van der Waals surface area contributed by atoms with E-state index in [2.05, 4.69) is 43.8 Å². The van der Waals surface area contributed by atoms with Gasteiger partial charge in [0.1, 0.15) is 30.3 Å². The molecule has 0 spiro atoms. The number of rotatable bonds is 4. The highest BCUT2D eigenvalue weighted by Crippen LogP contribution is 2.41. The maximum absolute atomic E-state index is 11.8. The van der Waals surface area contributed by atoms with E-state index < -0.39 is 0 Å².